The molecule has 0 N–H and O–H groups in total. The summed E-state index contributed by atoms with van der Waals surface area (Å²) in [6.07, 6.45) is 0. The lowest BCUT2D eigenvalue weighted by atomic mass is 10.1. The molecule has 2 heterocycles. The van der Waals surface area contributed by atoms with Gasteiger partial charge in [0.2, 0.25) is 10.0 Å². The molecule has 1 saturated heterocycles. The Labute approximate surface area is 204 Å². The monoisotopic (exact) mass is 488 g/mol. The van der Waals surface area contributed by atoms with Crippen LogP contribution in [0.5, 0.6) is 17.2 Å². The Bertz CT molecular complexity index is 1460. The van der Waals surface area contributed by atoms with Crippen LogP contribution in [0.3, 0.4) is 0 Å². The van der Waals surface area contributed by atoms with Crippen LogP contribution in [0.2, 0.25) is 0 Å². The average molecular weight is 489 g/mol. The van der Waals surface area contributed by atoms with Crippen molar-refractivity contribution >= 4 is 21.5 Å². The lowest BCUT2D eigenvalue weighted by Gasteiger charge is -2.40. The third-order valence-corrected chi connectivity index (χ3v) is 8.28. The van der Waals surface area contributed by atoms with Crippen molar-refractivity contribution in [3.8, 4) is 23.3 Å². The van der Waals surface area contributed by atoms with Gasteiger partial charge in [-0.15, -0.1) is 0 Å². The number of fused-ring (bicyclic) bond motifs is 2. The fourth-order valence-electron chi connectivity index (χ4n) is 4.52. The van der Waals surface area contributed by atoms with Crippen molar-refractivity contribution in [1.29, 1.82) is 5.26 Å². The molecule has 0 bridgehead atoms. The van der Waals surface area contributed by atoms with E-state index >= 15 is 0 Å². The molecule has 3 aromatic carbocycles. The first-order chi connectivity index (χ1) is 16.9. The minimum absolute atomic E-state index is 0.0343. The van der Waals surface area contributed by atoms with E-state index < -0.39 is 10.0 Å². The zero-order valence-corrected chi connectivity index (χ0v) is 20.2. The molecule has 178 valence electrons. The lowest BCUT2D eigenvalue weighted by Crippen LogP contribution is -2.55. The number of nitrogens with zero attached hydrogens (tertiary/aromatic N) is 4. The van der Waals surface area contributed by atoms with Gasteiger partial charge in [0.1, 0.15) is 17.6 Å². The van der Waals surface area contributed by atoms with Crippen LogP contribution in [-0.2, 0) is 10.0 Å². The Hall–Kier alpha value is -3.87. The number of aliphatic imine (C=N–C) groups is 1. The third kappa shape index (κ3) is 4.01. The maximum Gasteiger partial charge on any atom is 0.244 e. The van der Waals surface area contributed by atoms with E-state index in [0.29, 0.717) is 41.9 Å². The predicted molar refractivity (Wildman–Crippen MR) is 132 cm³/mol. The number of ether oxygens (including phenoxy) is 2. The van der Waals surface area contributed by atoms with Gasteiger partial charge in [0.05, 0.1) is 23.1 Å². The fraction of sp³-hybridized carbons (Fsp3) is 0.231. The van der Waals surface area contributed by atoms with Crippen molar-refractivity contribution in [1.82, 2.24) is 9.21 Å². The van der Waals surface area contributed by atoms with Crippen LogP contribution >= 0.6 is 0 Å². The molecule has 0 amide bonds. The Kier molecular flexibility index (Phi) is 5.93. The highest BCUT2D eigenvalue weighted by Crippen LogP contribution is 2.43. The second-order valence-electron chi connectivity index (χ2n) is 8.36. The van der Waals surface area contributed by atoms with E-state index in [1.807, 2.05) is 55.5 Å². The first-order valence-corrected chi connectivity index (χ1v) is 12.7. The molecule has 0 unspecified atom stereocenters. The Balaban J connectivity index is 1.51. The van der Waals surface area contributed by atoms with Gasteiger partial charge in [-0.2, -0.15) is 9.57 Å². The normalized spacial score (nSPS) is 17.8. The van der Waals surface area contributed by atoms with Gasteiger partial charge in [0, 0.05) is 25.7 Å². The van der Waals surface area contributed by atoms with Crippen LogP contribution < -0.4 is 9.47 Å². The summed E-state index contributed by atoms with van der Waals surface area (Å²) in [6.45, 7) is 2.97. The van der Waals surface area contributed by atoms with Gasteiger partial charge in [-0.3, -0.25) is 0 Å². The molecule has 1 fully saturated rings. The van der Waals surface area contributed by atoms with Gasteiger partial charge in [-0.25, -0.2) is 13.4 Å². The molecule has 5 rings (SSSR count). The average Bonchev–Trinajstić information content (AvgIpc) is 3.05. The van der Waals surface area contributed by atoms with E-state index in [-0.39, 0.29) is 23.0 Å². The highest BCUT2D eigenvalue weighted by atomic mass is 32.2. The molecule has 2 aliphatic rings. The zero-order valence-electron chi connectivity index (χ0n) is 19.4. The predicted octanol–water partition coefficient (Wildman–Crippen LogP) is 4.15. The van der Waals surface area contributed by atoms with Crippen molar-refractivity contribution < 1.29 is 17.9 Å². The summed E-state index contributed by atoms with van der Waals surface area (Å²) in [5, 5.41) is 9.42. The van der Waals surface area contributed by atoms with Crippen LogP contribution in [0.15, 0.2) is 76.6 Å². The lowest BCUT2D eigenvalue weighted by molar-refractivity contribution is 0.205. The molecule has 0 saturated carbocycles. The second-order valence-corrected chi connectivity index (χ2v) is 10.2. The number of hydrogen-bond donors (Lipinski definition) is 0. The Morgan fingerprint density at radius 2 is 1.83 bits per heavy atom. The van der Waals surface area contributed by atoms with Crippen LogP contribution in [0.25, 0.3) is 0 Å². The van der Waals surface area contributed by atoms with Crippen molar-refractivity contribution in [2.75, 3.05) is 26.7 Å². The van der Waals surface area contributed by atoms with Crippen molar-refractivity contribution in [2.45, 2.75) is 17.9 Å². The number of rotatable bonds is 3. The largest absolute Gasteiger partial charge is 0.493 e. The molecule has 1 atom stereocenters. The van der Waals surface area contributed by atoms with E-state index in [1.54, 1.807) is 19.2 Å². The molecule has 3 aromatic rings. The summed E-state index contributed by atoms with van der Waals surface area (Å²) in [6, 6.07) is 21.1. The van der Waals surface area contributed by atoms with Crippen molar-refractivity contribution in [3.63, 3.8) is 0 Å². The van der Waals surface area contributed by atoms with Gasteiger partial charge in [-0.1, -0.05) is 30.3 Å². The van der Waals surface area contributed by atoms with Crippen molar-refractivity contribution in [2.24, 2.45) is 4.99 Å². The Morgan fingerprint density at radius 3 is 2.60 bits per heavy atom. The highest BCUT2D eigenvalue weighted by Gasteiger charge is 2.37. The zero-order chi connectivity index (χ0) is 24.6. The summed E-state index contributed by atoms with van der Waals surface area (Å²) < 4.78 is 40.2. The standard InChI is InChI=1S/C26H24N4O4S/c1-18-17-29(14-15-30(18)35(31,32)24-13-6-3-8-19(24)16-27)26-20-9-7-12-23(33-2)25(20)34-22-11-5-4-10-21(22)28-26/h3-13,18H,14-15,17H2,1-2H3/t18-/m0/s1. The minimum Gasteiger partial charge on any atom is -0.493 e. The van der Waals surface area contributed by atoms with Crippen LogP contribution in [-0.4, -0.2) is 56.2 Å². The molecule has 0 spiro atoms. The van der Waals surface area contributed by atoms with Crippen LogP contribution in [0.1, 0.15) is 18.1 Å². The van der Waals surface area contributed by atoms with Gasteiger partial charge in [-0.05, 0) is 43.3 Å². The van der Waals surface area contributed by atoms with Gasteiger partial charge < -0.3 is 14.4 Å². The first-order valence-electron chi connectivity index (χ1n) is 11.2. The summed E-state index contributed by atoms with van der Waals surface area (Å²) in [7, 11) is -2.24. The number of sulfonamides is 1. The van der Waals surface area contributed by atoms with E-state index in [2.05, 4.69) is 4.90 Å². The van der Waals surface area contributed by atoms with E-state index in [0.717, 1.165) is 5.56 Å². The molecule has 2 aliphatic heterocycles. The molecule has 0 aromatic heterocycles. The molecule has 8 nitrogen and oxygen atoms in total. The SMILES string of the molecule is COc1cccc2c1Oc1ccccc1N=C2N1CCN(S(=O)(=O)c2ccccc2C#N)[C@@H](C)C1. The molecule has 35 heavy (non-hydrogen) atoms. The fourth-order valence-corrected chi connectivity index (χ4v) is 6.28. The third-order valence-electron chi connectivity index (χ3n) is 6.20. The number of amidine groups is 1. The molecule has 0 aliphatic carbocycles. The first kappa shape index (κ1) is 22.9. The number of benzene rings is 3. The van der Waals surface area contributed by atoms with Crippen molar-refractivity contribution in [3.05, 3.63) is 77.9 Å². The summed E-state index contributed by atoms with van der Waals surface area (Å²) >= 11 is 0. The van der Waals surface area contributed by atoms with Crippen LogP contribution in [0.4, 0.5) is 5.69 Å². The number of nitriles is 1. The van der Waals surface area contributed by atoms with Gasteiger partial charge in [0.25, 0.3) is 0 Å². The van der Waals surface area contributed by atoms with Gasteiger partial charge >= 0.3 is 0 Å². The minimum atomic E-state index is -3.84. The maximum absolute atomic E-state index is 13.5. The highest BCUT2D eigenvalue weighted by molar-refractivity contribution is 7.89. The Morgan fingerprint density at radius 1 is 1.06 bits per heavy atom. The van der Waals surface area contributed by atoms with E-state index in [9.17, 15) is 13.7 Å². The smallest absolute Gasteiger partial charge is 0.244 e. The number of para-hydroxylation sites is 3. The summed E-state index contributed by atoms with van der Waals surface area (Å²) in [5.41, 5.74) is 1.61. The topological polar surface area (TPSA) is 95.2 Å². The maximum atomic E-state index is 13.5. The van der Waals surface area contributed by atoms with E-state index in [1.165, 1.54) is 16.4 Å². The number of piperazine rings is 1. The molecule has 9 heteroatoms. The van der Waals surface area contributed by atoms with Crippen LogP contribution in [0, 0.1) is 11.3 Å². The number of methoxy groups -OCH3 is 1. The van der Waals surface area contributed by atoms with Gasteiger partial charge in [0.15, 0.2) is 17.2 Å². The quantitative estimate of drug-likeness (QED) is 0.550. The second kappa shape index (κ2) is 9.06. The molecule has 0 radical (unpaired) electrons. The summed E-state index contributed by atoms with van der Waals surface area (Å²) in [5.74, 6) is 2.49. The summed E-state index contributed by atoms with van der Waals surface area (Å²) in [4.78, 5) is 7.05. The molecular weight excluding hydrogens is 464 g/mol. The number of hydrogen-bond acceptors (Lipinski definition) is 7. The van der Waals surface area contributed by atoms with E-state index in [4.69, 9.17) is 14.5 Å². The molecular formula is C26H24N4O4S.